The summed E-state index contributed by atoms with van der Waals surface area (Å²) in [5, 5.41) is 0.512. The van der Waals surface area contributed by atoms with Crippen molar-refractivity contribution in [1.29, 1.82) is 0 Å². The van der Waals surface area contributed by atoms with Crippen molar-refractivity contribution in [2.75, 3.05) is 0 Å². The minimum Gasteiger partial charge on any atom is -0.287 e. The molecule has 2 rings (SSSR count). The van der Waals surface area contributed by atoms with Crippen molar-refractivity contribution >= 4 is 17.4 Å². The zero-order valence-corrected chi connectivity index (χ0v) is 8.48. The van der Waals surface area contributed by atoms with Crippen LogP contribution in [0.3, 0.4) is 0 Å². The van der Waals surface area contributed by atoms with Gasteiger partial charge in [-0.15, -0.1) is 0 Å². The van der Waals surface area contributed by atoms with E-state index in [0.29, 0.717) is 16.3 Å². The number of rotatable bonds is 2. The summed E-state index contributed by atoms with van der Waals surface area (Å²) in [5.74, 6) is -0.153. The summed E-state index contributed by atoms with van der Waals surface area (Å²) >= 11 is 5.68. The van der Waals surface area contributed by atoms with Crippen molar-refractivity contribution < 1.29 is 4.79 Å². The Bertz CT molecular complexity index is 468. The first kappa shape index (κ1) is 9.80. The molecule has 0 aliphatic rings. The Morgan fingerprint density at radius 3 is 2.67 bits per heavy atom. The molecular weight excluding hydrogens is 212 g/mol. The van der Waals surface area contributed by atoms with E-state index in [9.17, 15) is 4.79 Å². The fraction of sp³-hybridized carbons (Fsp3) is 0. The van der Waals surface area contributed by atoms with Gasteiger partial charge >= 0.3 is 0 Å². The molecule has 74 valence electrons. The van der Waals surface area contributed by atoms with E-state index in [4.69, 9.17) is 11.6 Å². The van der Waals surface area contributed by atoms with Crippen LogP contribution in [-0.4, -0.2) is 15.8 Å². The quantitative estimate of drug-likeness (QED) is 0.727. The van der Waals surface area contributed by atoms with Crippen molar-refractivity contribution in [2.24, 2.45) is 0 Å². The Hall–Kier alpha value is -1.74. The SMILES string of the molecule is O=C(c1cccnc1)c1ccc(Cl)cn1. The summed E-state index contributed by atoms with van der Waals surface area (Å²) in [4.78, 5) is 19.6. The normalized spacial score (nSPS) is 9.93. The summed E-state index contributed by atoms with van der Waals surface area (Å²) in [6.45, 7) is 0. The molecule has 0 unspecified atom stereocenters. The van der Waals surface area contributed by atoms with Gasteiger partial charge in [0.15, 0.2) is 0 Å². The van der Waals surface area contributed by atoms with Crippen LogP contribution in [-0.2, 0) is 0 Å². The molecule has 0 atom stereocenters. The average molecular weight is 219 g/mol. The van der Waals surface area contributed by atoms with Crippen molar-refractivity contribution in [3.63, 3.8) is 0 Å². The fourth-order valence-electron chi connectivity index (χ4n) is 1.16. The largest absolute Gasteiger partial charge is 0.287 e. The van der Waals surface area contributed by atoms with Gasteiger partial charge in [-0.25, -0.2) is 0 Å². The number of pyridine rings is 2. The van der Waals surface area contributed by atoms with Crippen LogP contribution in [0.15, 0.2) is 42.9 Å². The van der Waals surface area contributed by atoms with E-state index in [1.807, 2.05) is 0 Å². The number of carbonyl (C=O) groups excluding carboxylic acids is 1. The molecule has 0 saturated heterocycles. The predicted octanol–water partition coefficient (Wildman–Crippen LogP) is 2.36. The van der Waals surface area contributed by atoms with Crippen molar-refractivity contribution in [2.45, 2.75) is 0 Å². The van der Waals surface area contributed by atoms with Gasteiger partial charge in [-0.1, -0.05) is 11.6 Å². The Morgan fingerprint density at radius 1 is 1.20 bits per heavy atom. The molecule has 2 aromatic rings. The van der Waals surface area contributed by atoms with E-state index in [1.54, 1.807) is 30.5 Å². The van der Waals surface area contributed by atoms with Crippen molar-refractivity contribution in [3.8, 4) is 0 Å². The first-order valence-corrected chi connectivity index (χ1v) is 4.71. The van der Waals surface area contributed by atoms with Crippen LogP contribution in [0.5, 0.6) is 0 Å². The fourth-order valence-corrected chi connectivity index (χ4v) is 1.27. The molecule has 0 fully saturated rings. The molecule has 3 nitrogen and oxygen atoms in total. The Labute approximate surface area is 91.8 Å². The van der Waals surface area contributed by atoms with Gasteiger partial charge < -0.3 is 0 Å². The lowest BCUT2D eigenvalue weighted by atomic mass is 10.1. The molecule has 2 aromatic heterocycles. The number of aromatic nitrogens is 2. The van der Waals surface area contributed by atoms with Crippen molar-refractivity contribution in [3.05, 3.63) is 59.1 Å². The highest BCUT2D eigenvalue weighted by Gasteiger charge is 2.09. The van der Waals surface area contributed by atoms with E-state index in [2.05, 4.69) is 9.97 Å². The van der Waals surface area contributed by atoms with Gasteiger partial charge in [0, 0.05) is 24.2 Å². The average Bonchev–Trinajstić information content (AvgIpc) is 2.30. The summed E-state index contributed by atoms with van der Waals surface area (Å²) in [7, 11) is 0. The molecule has 4 heteroatoms. The molecule has 0 N–H and O–H groups in total. The molecule has 0 aliphatic carbocycles. The smallest absolute Gasteiger partial charge is 0.212 e. The second-order valence-corrected chi connectivity index (χ2v) is 3.37. The molecule has 0 aliphatic heterocycles. The van der Waals surface area contributed by atoms with Gasteiger partial charge in [-0.3, -0.25) is 14.8 Å². The van der Waals surface area contributed by atoms with E-state index in [0.717, 1.165) is 0 Å². The van der Waals surface area contributed by atoms with Crippen LogP contribution in [0.4, 0.5) is 0 Å². The lowest BCUT2D eigenvalue weighted by molar-refractivity contribution is 0.103. The lowest BCUT2D eigenvalue weighted by Crippen LogP contribution is -2.03. The second kappa shape index (κ2) is 4.19. The number of carbonyl (C=O) groups is 1. The topological polar surface area (TPSA) is 42.9 Å². The van der Waals surface area contributed by atoms with E-state index < -0.39 is 0 Å². The Morgan fingerprint density at radius 2 is 2.07 bits per heavy atom. The van der Waals surface area contributed by atoms with Crippen LogP contribution >= 0.6 is 11.6 Å². The monoisotopic (exact) mass is 218 g/mol. The minimum absolute atomic E-state index is 0.153. The second-order valence-electron chi connectivity index (χ2n) is 2.93. The number of hydrogen-bond donors (Lipinski definition) is 0. The van der Waals surface area contributed by atoms with E-state index in [1.165, 1.54) is 12.4 Å². The molecule has 0 bridgehead atoms. The molecule has 0 amide bonds. The summed E-state index contributed by atoms with van der Waals surface area (Å²) in [6, 6.07) is 6.64. The minimum atomic E-state index is -0.153. The summed E-state index contributed by atoms with van der Waals surface area (Å²) in [5.41, 5.74) is 0.889. The highest BCUT2D eigenvalue weighted by atomic mass is 35.5. The van der Waals surface area contributed by atoms with Crippen LogP contribution in [0.2, 0.25) is 5.02 Å². The number of halogens is 1. The number of nitrogens with zero attached hydrogens (tertiary/aromatic N) is 2. The van der Waals surface area contributed by atoms with Gasteiger partial charge in [-0.2, -0.15) is 0 Å². The van der Waals surface area contributed by atoms with Gasteiger partial charge in [0.2, 0.25) is 5.78 Å². The standard InChI is InChI=1S/C11H7ClN2O/c12-9-3-4-10(14-7-9)11(15)8-2-1-5-13-6-8/h1-7H. The third kappa shape index (κ3) is 2.19. The maximum Gasteiger partial charge on any atom is 0.212 e. The zero-order chi connectivity index (χ0) is 10.7. The third-order valence-corrected chi connectivity index (χ3v) is 2.11. The first-order chi connectivity index (χ1) is 7.27. The Kier molecular flexibility index (Phi) is 2.74. The van der Waals surface area contributed by atoms with Gasteiger partial charge in [0.25, 0.3) is 0 Å². The van der Waals surface area contributed by atoms with E-state index >= 15 is 0 Å². The van der Waals surface area contributed by atoms with Crippen molar-refractivity contribution in [1.82, 2.24) is 9.97 Å². The lowest BCUT2D eigenvalue weighted by Gasteiger charge is -1.98. The first-order valence-electron chi connectivity index (χ1n) is 4.33. The van der Waals surface area contributed by atoms with Gasteiger partial charge in [0.05, 0.1) is 5.02 Å². The van der Waals surface area contributed by atoms with Crippen LogP contribution in [0.1, 0.15) is 16.1 Å². The predicted molar refractivity (Wildman–Crippen MR) is 56.9 cm³/mol. The van der Waals surface area contributed by atoms with Crippen LogP contribution < -0.4 is 0 Å². The molecule has 15 heavy (non-hydrogen) atoms. The molecule has 0 saturated carbocycles. The van der Waals surface area contributed by atoms with Crippen LogP contribution in [0.25, 0.3) is 0 Å². The molecular formula is C11H7ClN2O. The molecule has 2 heterocycles. The molecule has 0 spiro atoms. The Balaban J connectivity index is 2.33. The highest BCUT2D eigenvalue weighted by molar-refractivity contribution is 6.30. The van der Waals surface area contributed by atoms with Crippen LogP contribution in [0, 0.1) is 0 Å². The maximum absolute atomic E-state index is 11.8. The number of hydrogen-bond acceptors (Lipinski definition) is 3. The molecule has 0 aromatic carbocycles. The highest BCUT2D eigenvalue weighted by Crippen LogP contribution is 2.09. The van der Waals surface area contributed by atoms with Gasteiger partial charge in [-0.05, 0) is 24.3 Å². The third-order valence-electron chi connectivity index (χ3n) is 1.88. The van der Waals surface area contributed by atoms with Gasteiger partial charge in [0.1, 0.15) is 5.69 Å². The summed E-state index contributed by atoms with van der Waals surface area (Å²) in [6.07, 6.45) is 4.58. The maximum atomic E-state index is 11.8. The summed E-state index contributed by atoms with van der Waals surface area (Å²) < 4.78 is 0. The zero-order valence-electron chi connectivity index (χ0n) is 7.72. The van der Waals surface area contributed by atoms with E-state index in [-0.39, 0.29) is 5.78 Å². The number of ketones is 1. The molecule has 0 radical (unpaired) electrons.